The second kappa shape index (κ2) is 18.5. The fraction of sp³-hybridized carbons (Fsp3) is 0.769. The highest BCUT2D eigenvalue weighted by atomic mass is 32.2. The van der Waals surface area contributed by atoms with Crippen molar-refractivity contribution in [2.75, 3.05) is 19.8 Å². The minimum absolute atomic E-state index is 0.0852. The molecule has 5 nitrogen and oxygen atoms in total. The predicted octanol–water partition coefficient (Wildman–Crippen LogP) is 6.56. The molecule has 1 atom stereocenters. The second-order valence-corrected chi connectivity index (χ2v) is 10.5. The van der Waals surface area contributed by atoms with Gasteiger partial charge >= 0.3 is 0 Å². The van der Waals surface area contributed by atoms with Crippen molar-refractivity contribution in [1.82, 2.24) is 0 Å². The van der Waals surface area contributed by atoms with Gasteiger partial charge in [0.05, 0.1) is 18.1 Å². The molecule has 0 aromatic heterocycles. The van der Waals surface area contributed by atoms with E-state index in [2.05, 4.69) is 6.92 Å². The lowest BCUT2D eigenvalue weighted by molar-refractivity contribution is 0.0122. The predicted molar refractivity (Wildman–Crippen MR) is 131 cm³/mol. The van der Waals surface area contributed by atoms with E-state index in [-0.39, 0.29) is 18.1 Å². The summed E-state index contributed by atoms with van der Waals surface area (Å²) < 4.78 is 34.6. The first-order valence-electron chi connectivity index (χ1n) is 12.7. The Labute approximate surface area is 197 Å². The molecule has 0 heterocycles. The zero-order chi connectivity index (χ0) is 23.5. The van der Waals surface area contributed by atoms with Gasteiger partial charge in [0, 0.05) is 6.61 Å². The van der Waals surface area contributed by atoms with Crippen LogP contribution in [0.3, 0.4) is 0 Å². The van der Waals surface area contributed by atoms with Crippen LogP contribution in [0.25, 0.3) is 0 Å². The molecule has 0 saturated carbocycles. The Morgan fingerprint density at radius 3 is 1.72 bits per heavy atom. The normalized spacial score (nSPS) is 12.8. The van der Waals surface area contributed by atoms with Crippen LogP contribution in [0.15, 0.2) is 29.2 Å². The van der Waals surface area contributed by atoms with Crippen LogP contribution in [0.5, 0.6) is 0 Å². The van der Waals surface area contributed by atoms with E-state index in [4.69, 9.17) is 8.92 Å². The van der Waals surface area contributed by atoms with Gasteiger partial charge in [-0.15, -0.1) is 0 Å². The Hall–Kier alpha value is -0.950. The monoisotopic (exact) mass is 470 g/mol. The van der Waals surface area contributed by atoms with E-state index in [1.165, 1.54) is 89.2 Å². The number of aryl methyl sites for hydroxylation is 1. The van der Waals surface area contributed by atoms with E-state index in [9.17, 15) is 13.5 Å². The lowest BCUT2D eigenvalue weighted by atomic mass is 10.0. The summed E-state index contributed by atoms with van der Waals surface area (Å²) in [5, 5.41) is 9.90. The first kappa shape index (κ1) is 29.1. The van der Waals surface area contributed by atoms with Crippen LogP contribution < -0.4 is 0 Å². The summed E-state index contributed by atoms with van der Waals surface area (Å²) >= 11 is 0. The van der Waals surface area contributed by atoms with Gasteiger partial charge in [-0.05, 0) is 25.5 Å². The smallest absolute Gasteiger partial charge is 0.297 e. The standard InChI is InChI=1S/C26H46O5S/c1-3-4-5-6-7-8-9-10-11-12-13-14-15-16-21-30-22-25(27)23-31-32(28,29)26-19-17-24(2)18-20-26/h17-20,25,27H,3-16,21-23H2,1-2H3/t25-/m1/s1. The van der Waals surface area contributed by atoms with Gasteiger partial charge in [0.15, 0.2) is 0 Å². The van der Waals surface area contributed by atoms with E-state index in [0.717, 1.165) is 18.4 Å². The molecule has 0 saturated heterocycles. The maximum atomic E-state index is 12.1. The second-order valence-electron chi connectivity index (χ2n) is 8.88. The Bertz CT molecular complexity index is 657. The maximum absolute atomic E-state index is 12.1. The Morgan fingerprint density at radius 1 is 0.750 bits per heavy atom. The number of aliphatic hydroxyl groups excluding tert-OH is 1. The molecule has 32 heavy (non-hydrogen) atoms. The average molecular weight is 471 g/mol. The van der Waals surface area contributed by atoms with Crippen LogP contribution in [0.4, 0.5) is 0 Å². The molecule has 0 bridgehead atoms. The van der Waals surface area contributed by atoms with Crippen LogP contribution in [0, 0.1) is 6.92 Å². The van der Waals surface area contributed by atoms with E-state index in [1.54, 1.807) is 12.1 Å². The molecule has 0 radical (unpaired) electrons. The third kappa shape index (κ3) is 15.0. The zero-order valence-electron chi connectivity index (χ0n) is 20.4. The molecule has 1 rings (SSSR count). The molecule has 0 amide bonds. The van der Waals surface area contributed by atoms with Gasteiger partial charge in [0.2, 0.25) is 0 Å². The highest BCUT2D eigenvalue weighted by Gasteiger charge is 2.17. The molecule has 186 valence electrons. The minimum atomic E-state index is -3.85. The molecular formula is C26H46O5S. The average Bonchev–Trinajstić information content (AvgIpc) is 2.78. The molecular weight excluding hydrogens is 424 g/mol. The van der Waals surface area contributed by atoms with Crippen molar-refractivity contribution in [3.63, 3.8) is 0 Å². The summed E-state index contributed by atoms with van der Waals surface area (Å²) in [6, 6.07) is 6.44. The van der Waals surface area contributed by atoms with Crippen LogP contribution in [0.1, 0.15) is 102 Å². The fourth-order valence-corrected chi connectivity index (χ4v) is 4.55. The summed E-state index contributed by atoms with van der Waals surface area (Å²) in [5.74, 6) is 0. The van der Waals surface area contributed by atoms with Crippen molar-refractivity contribution in [3.8, 4) is 0 Å². The van der Waals surface area contributed by atoms with E-state index in [0.29, 0.717) is 6.61 Å². The highest BCUT2D eigenvalue weighted by molar-refractivity contribution is 7.86. The van der Waals surface area contributed by atoms with Gasteiger partial charge in [-0.1, -0.05) is 108 Å². The molecule has 0 aliphatic carbocycles. The third-order valence-corrected chi connectivity index (χ3v) is 6.97. The summed E-state index contributed by atoms with van der Waals surface area (Å²) in [5.41, 5.74) is 0.973. The molecule has 1 aromatic rings. The molecule has 0 unspecified atom stereocenters. The topological polar surface area (TPSA) is 72.8 Å². The van der Waals surface area contributed by atoms with Crippen molar-refractivity contribution in [1.29, 1.82) is 0 Å². The molecule has 1 aromatic carbocycles. The number of rotatable bonds is 21. The summed E-state index contributed by atoms with van der Waals surface area (Å²) in [7, 11) is -3.85. The van der Waals surface area contributed by atoms with Crippen LogP contribution in [0.2, 0.25) is 0 Å². The SMILES string of the molecule is CCCCCCCCCCCCCCCCOC[C@@H](O)COS(=O)(=O)c1ccc(C)cc1. The van der Waals surface area contributed by atoms with Gasteiger partial charge in [0.1, 0.15) is 6.10 Å². The lowest BCUT2D eigenvalue weighted by Crippen LogP contribution is -2.24. The van der Waals surface area contributed by atoms with Crippen LogP contribution in [-0.2, 0) is 19.0 Å². The Kier molecular flexibility index (Phi) is 16.8. The first-order valence-corrected chi connectivity index (χ1v) is 14.1. The molecule has 0 aliphatic rings. The third-order valence-electron chi connectivity index (χ3n) is 5.68. The highest BCUT2D eigenvalue weighted by Crippen LogP contribution is 2.14. The molecule has 0 fully saturated rings. The number of unbranched alkanes of at least 4 members (excludes halogenated alkanes) is 13. The zero-order valence-corrected chi connectivity index (χ0v) is 21.2. The van der Waals surface area contributed by atoms with Gasteiger partial charge in [-0.2, -0.15) is 8.42 Å². The van der Waals surface area contributed by atoms with E-state index >= 15 is 0 Å². The summed E-state index contributed by atoms with van der Waals surface area (Å²) in [6.45, 7) is 4.52. The number of hydrogen-bond donors (Lipinski definition) is 1. The molecule has 1 N–H and O–H groups in total. The van der Waals surface area contributed by atoms with Crippen molar-refractivity contribution in [2.24, 2.45) is 0 Å². The number of ether oxygens (including phenoxy) is 1. The number of benzene rings is 1. The molecule has 0 aliphatic heterocycles. The minimum Gasteiger partial charge on any atom is -0.388 e. The maximum Gasteiger partial charge on any atom is 0.297 e. The summed E-state index contributed by atoms with van der Waals surface area (Å²) in [6.07, 6.45) is 17.4. The van der Waals surface area contributed by atoms with Crippen LogP contribution in [-0.4, -0.2) is 39.4 Å². The van der Waals surface area contributed by atoms with Gasteiger partial charge < -0.3 is 9.84 Å². The lowest BCUT2D eigenvalue weighted by Gasteiger charge is -2.12. The quantitative estimate of drug-likeness (QED) is 0.163. The van der Waals surface area contributed by atoms with E-state index in [1.807, 2.05) is 6.92 Å². The first-order chi connectivity index (χ1) is 15.5. The van der Waals surface area contributed by atoms with E-state index < -0.39 is 16.2 Å². The van der Waals surface area contributed by atoms with Crippen LogP contribution >= 0.6 is 0 Å². The van der Waals surface area contributed by atoms with Crippen molar-refractivity contribution >= 4 is 10.1 Å². The molecule has 6 heteroatoms. The van der Waals surface area contributed by atoms with Crippen molar-refractivity contribution in [3.05, 3.63) is 29.8 Å². The van der Waals surface area contributed by atoms with Crippen molar-refractivity contribution < 1.29 is 22.4 Å². The number of hydrogen-bond acceptors (Lipinski definition) is 5. The van der Waals surface area contributed by atoms with Gasteiger partial charge in [0.25, 0.3) is 10.1 Å². The van der Waals surface area contributed by atoms with Gasteiger partial charge in [-0.3, -0.25) is 4.18 Å². The van der Waals surface area contributed by atoms with Crippen molar-refractivity contribution in [2.45, 2.75) is 115 Å². The largest absolute Gasteiger partial charge is 0.388 e. The molecule has 0 spiro atoms. The summed E-state index contributed by atoms with van der Waals surface area (Å²) in [4.78, 5) is 0.0960. The van der Waals surface area contributed by atoms with Gasteiger partial charge in [-0.25, -0.2) is 0 Å². The Balaban J connectivity index is 1.90. The Morgan fingerprint density at radius 2 is 1.22 bits per heavy atom. The number of aliphatic hydroxyl groups is 1. The fourth-order valence-electron chi connectivity index (χ4n) is 3.61.